The number of carboxylic acid groups (broad SMARTS) is 2. The first-order valence-corrected chi connectivity index (χ1v) is 13.3. The van der Waals surface area contributed by atoms with Gasteiger partial charge in [0.1, 0.15) is 5.75 Å². The van der Waals surface area contributed by atoms with E-state index in [2.05, 4.69) is 6.92 Å². The molecule has 2 heterocycles. The smallest absolute Gasteiger partial charge is 0.308 e. The van der Waals surface area contributed by atoms with Gasteiger partial charge in [0.2, 0.25) is 6.79 Å². The molecule has 0 saturated carbocycles. The predicted molar refractivity (Wildman–Crippen MR) is 144 cm³/mol. The van der Waals surface area contributed by atoms with E-state index in [0.29, 0.717) is 17.2 Å². The van der Waals surface area contributed by atoms with Crippen LogP contribution in [0.15, 0.2) is 48.5 Å². The summed E-state index contributed by atoms with van der Waals surface area (Å²) in [6.45, 7) is 3.91. The van der Waals surface area contributed by atoms with Gasteiger partial charge < -0.3 is 24.4 Å². The fourth-order valence-electron chi connectivity index (χ4n) is 5.82. The molecule has 0 radical (unpaired) electrons. The lowest BCUT2D eigenvalue weighted by Gasteiger charge is -2.25. The van der Waals surface area contributed by atoms with Gasteiger partial charge in [-0.15, -0.1) is 0 Å². The molecule has 2 N–H and O–H groups in total. The zero-order chi connectivity index (χ0) is 27.7. The maximum absolute atomic E-state index is 13.1. The number of hydrogen-bond donors (Lipinski definition) is 2. The van der Waals surface area contributed by atoms with Gasteiger partial charge in [-0.25, -0.2) is 0 Å². The van der Waals surface area contributed by atoms with Crippen molar-refractivity contribution in [3.8, 4) is 17.2 Å². The number of carboxylic acids is 2. The van der Waals surface area contributed by atoms with Crippen LogP contribution in [0.1, 0.15) is 72.2 Å². The summed E-state index contributed by atoms with van der Waals surface area (Å²) in [5.74, 6) is -2.60. The van der Waals surface area contributed by atoms with Crippen LogP contribution in [0.5, 0.6) is 17.2 Å². The lowest BCUT2D eigenvalue weighted by atomic mass is 9.78. The molecular weight excluding hydrogens is 498 g/mol. The number of aliphatic carboxylic acids is 2. The molecule has 8 nitrogen and oxygen atoms in total. The summed E-state index contributed by atoms with van der Waals surface area (Å²) in [6, 6.07) is 15.1. The molecule has 0 saturated heterocycles. The molecule has 1 aliphatic heterocycles. The van der Waals surface area contributed by atoms with E-state index in [4.69, 9.17) is 19.2 Å². The molecule has 0 amide bonds. The Labute approximate surface area is 227 Å². The van der Waals surface area contributed by atoms with E-state index in [0.717, 1.165) is 52.9 Å². The van der Waals surface area contributed by atoms with Crippen molar-refractivity contribution in [1.82, 2.24) is 4.98 Å². The predicted octanol–water partition coefficient (Wildman–Crippen LogP) is 5.40. The van der Waals surface area contributed by atoms with E-state index in [9.17, 15) is 19.8 Å². The molecule has 4 atom stereocenters. The number of pyridine rings is 1. The van der Waals surface area contributed by atoms with Gasteiger partial charge in [0.25, 0.3) is 0 Å². The van der Waals surface area contributed by atoms with Crippen LogP contribution in [0.3, 0.4) is 0 Å². The molecule has 0 unspecified atom stereocenters. The minimum absolute atomic E-state index is 0.129. The Kier molecular flexibility index (Phi) is 7.46. The summed E-state index contributed by atoms with van der Waals surface area (Å²) in [5.41, 5.74) is 4.84. The van der Waals surface area contributed by atoms with Crippen LogP contribution in [0, 0.1) is 11.8 Å². The highest BCUT2D eigenvalue weighted by molar-refractivity contribution is 5.78. The SMILES string of the molecule is CCCCc1ccc2c(n1)[C@H](c1ccc(OC)cc1C[C@H](C)C(=O)O)[C@H](C(=O)O)[C@H]2c1ccc2c(c1)OCO2. The van der Waals surface area contributed by atoms with E-state index >= 15 is 0 Å². The number of benzene rings is 2. The molecule has 3 aromatic rings. The van der Waals surface area contributed by atoms with Gasteiger partial charge in [0.05, 0.1) is 24.6 Å². The maximum Gasteiger partial charge on any atom is 0.308 e. The Morgan fingerprint density at radius 1 is 1.03 bits per heavy atom. The van der Waals surface area contributed by atoms with Crippen molar-refractivity contribution in [2.45, 2.75) is 51.4 Å². The number of fused-ring (bicyclic) bond motifs is 2. The number of methoxy groups -OCH3 is 1. The van der Waals surface area contributed by atoms with Crippen molar-refractivity contribution in [2.24, 2.45) is 11.8 Å². The summed E-state index contributed by atoms with van der Waals surface area (Å²) in [5, 5.41) is 20.4. The van der Waals surface area contributed by atoms with Crippen LogP contribution in [-0.4, -0.2) is 41.0 Å². The summed E-state index contributed by atoms with van der Waals surface area (Å²) >= 11 is 0. The zero-order valence-electron chi connectivity index (χ0n) is 22.3. The minimum atomic E-state index is -0.941. The van der Waals surface area contributed by atoms with Gasteiger partial charge in [-0.3, -0.25) is 14.6 Å². The van der Waals surface area contributed by atoms with Crippen LogP contribution >= 0.6 is 0 Å². The van der Waals surface area contributed by atoms with Crippen molar-refractivity contribution >= 4 is 11.9 Å². The van der Waals surface area contributed by atoms with E-state index in [-0.39, 0.29) is 13.2 Å². The molecule has 1 aromatic heterocycles. The quantitative estimate of drug-likeness (QED) is 0.357. The molecule has 204 valence electrons. The van der Waals surface area contributed by atoms with Gasteiger partial charge in [0, 0.05) is 17.5 Å². The lowest BCUT2D eigenvalue weighted by Crippen LogP contribution is -2.25. The van der Waals surface area contributed by atoms with Gasteiger partial charge in [-0.1, -0.05) is 38.5 Å². The number of rotatable bonds is 10. The molecule has 0 bridgehead atoms. The van der Waals surface area contributed by atoms with Gasteiger partial charge >= 0.3 is 11.9 Å². The normalized spacial score (nSPS) is 19.9. The van der Waals surface area contributed by atoms with Crippen molar-refractivity contribution in [2.75, 3.05) is 13.9 Å². The highest BCUT2D eigenvalue weighted by atomic mass is 16.7. The summed E-state index contributed by atoms with van der Waals surface area (Å²) in [7, 11) is 1.56. The molecule has 2 aliphatic rings. The Hall–Kier alpha value is -4.07. The molecule has 39 heavy (non-hydrogen) atoms. The Bertz CT molecular complexity index is 1400. The number of unbranched alkanes of at least 4 members (excludes halogenated alkanes) is 1. The third-order valence-electron chi connectivity index (χ3n) is 7.82. The Morgan fingerprint density at radius 2 is 1.79 bits per heavy atom. The second-order valence-electron chi connectivity index (χ2n) is 10.3. The molecule has 0 fully saturated rings. The summed E-state index contributed by atoms with van der Waals surface area (Å²) in [4.78, 5) is 29.9. The number of hydrogen-bond acceptors (Lipinski definition) is 6. The van der Waals surface area contributed by atoms with Crippen LogP contribution in [0.4, 0.5) is 0 Å². The topological polar surface area (TPSA) is 115 Å². The first kappa shape index (κ1) is 26.5. The van der Waals surface area contributed by atoms with Gasteiger partial charge in [-0.2, -0.15) is 0 Å². The molecule has 5 rings (SSSR count). The van der Waals surface area contributed by atoms with Crippen molar-refractivity contribution < 1.29 is 34.0 Å². The van der Waals surface area contributed by atoms with Crippen molar-refractivity contribution in [3.05, 3.63) is 82.2 Å². The molecule has 0 spiro atoms. The third kappa shape index (κ3) is 5.03. The molecule has 1 aliphatic carbocycles. The first-order valence-electron chi connectivity index (χ1n) is 13.3. The molecule has 8 heteroatoms. The van der Waals surface area contributed by atoms with E-state index in [1.807, 2.05) is 42.5 Å². The molecule has 2 aromatic carbocycles. The van der Waals surface area contributed by atoms with Crippen molar-refractivity contribution in [3.63, 3.8) is 0 Å². The highest BCUT2D eigenvalue weighted by Gasteiger charge is 2.48. The fraction of sp³-hybridized carbons (Fsp3) is 0.387. The minimum Gasteiger partial charge on any atom is -0.497 e. The van der Waals surface area contributed by atoms with E-state index in [1.165, 1.54) is 0 Å². The van der Waals surface area contributed by atoms with Crippen molar-refractivity contribution in [1.29, 1.82) is 0 Å². The first-order chi connectivity index (χ1) is 18.8. The Morgan fingerprint density at radius 3 is 2.51 bits per heavy atom. The zero-order valence-corrected chi connectivity index (χ0v) is 22.3. The number of aryl methyl sites for hydroxylation is 1. The number of nitrogens with zero attached hydrogens (tertiary/aromatic N) is 1. The second-order valence-corrected chi connectivity index (χ2v) is 10.3. The average molecular weight is 532 g/mol. The number of carbonyl (C=O) groups is 2. The van der Waals surface area contributed by atoms with Crippen LogP contribution in [-0.2, 0) is 22.4 Å². The number of aromatic nitrogens is 1. The maximum atomic E-state index is 13.1. The van der Waals surface area contributed by atoms with E-state index in [1.54, 1.807) is 20.1 Å². The van der Waals surface area contributed by atoms with Gasteiger partial charge in [-0.05, 0) is 71.8 Å². The molecular formula is C31H33NO7. The summed E-state index contributed by atoms with van der Waals surface area (Å²) < 4.78 is 16.5. The second kappa shape index (κ2) is 11.0. The van der Waals surface area contributed by atoms with Gasteiger partial charge in [0.15, 0.2) is 11.5 Å². The lowest BCUT2D eigenvalue weighted by molar-refractivity contribution is -0.143. The third-order valence-corrected chi connectivity index (χ3v) is 7.82. The Balaban J connectivity index is 1.70. The van der Waals surface area contributed by atoms with Crippen LogP contribution in [0.25, 0.3) is 0 Å². The largest absolute Gasteiger partial charge is 0.497 e. The van der Waals surface area contributed by atoms with Crippen LogP contribution in [0.2, 0.25) is 0 Å². The highest BCUT2D eigenvalue weighted by Crippen LogP contribution is 2.54. The fourth-order valence-corrected chi connectivity index (χ4v) is 5.82. The van der Waals surface area contributed by atoms with E-state index < -0.39 is 35.6 Å². The summed E-state index contributed by atoms with van der Waals surface area (Å²) in [6.07, 6.45) is 3.04. The monoisotopic (exact) mass is 531 g/mol. The average Bonchev–Trinajstić information content (AvgIpc) is 3.53. The number of ether oxygens (including phenoxy) is 3. The standard InChI is InChI=1S/C31H33NO7/c1-4-5-6-20-8-10-23-26(18-7-12-24-25(15-18)39-16-38-24)28(31(35)36)27(29(23)32-20)22-11-9-21(37-3)14-19(22)13-17(2)30(33)34/h7-12,14-15,17,26-28H,4-6,13,16H2,1-3H3,(H,33,34)(H,35,36)/t17-,26-,27+,28+/m0/s1. The van der Waals surface area contributed by atoms with Crippen LogP contribution < -0.4 is 14.2 Å².